The number of hydrogen-bond donors (Lipinski definition) is 4. The van der Waals surface area contributed by atoms with Crippen LogP contribution >= 0.6 is 0 Å². The van der Waals surface area contributed by atoms with Crippen LogP contribution in [0.4, 0.5) is 23.5 Å². The van der Waals surface area contributed by atoms with Crippen LogP contribution in [0, 0.1) is 0 Å². The van der Waals surface area contributed by atoms with Gasteiger partial charge in [0.15, 0.2) is 0 Å². The molecule has 0 saturated heterocycles. The minimum absolute atomic E-state index is 0.115. The number of aromatic nitrogens is 3. The van der Waals surface area contributed by atoms with Gasteiger partial charge in [0.2, 0.25) is 17.8 Å². The van der Waals surface area contributed by atoms with Gasteiger partial charge in [-0.2, -0.15) is 15.0 Å². The topological polar surface area (TPSA) is 132 Å². The highest BCUT2D eigenvalue weighted by atomic mass is 16.5. The quantitative estimate of drug-likeness (QED) is 0.141. The molecule has 4 N–H and O–H groups in total. The minimum Gasteiger partial charge on any atom is -0.497 e. The van der Waals surface area contributed by atoms with E-state index in [4.69, 9.17) is 14.2 Å². The summed E-state index contributed by atoms with van der Waals surface area (Å²) < 4.78 is 16.5. The largest absolute Gasteiger partial charge is 0.497 e. The van der Waals surface area contributed by atoms with Gasteiger partial charge in [-0.3, -0.25) is 4.79 Å². The number of carbonyl (C=O) groups is 1. The number of nitrogens with one attached hydrogen (secondary N) is 4. The van der Waals surface area contributed by atoms with E-state index in [1.807, 2.05) is 72.8 Å². The Labute approximate surface area is 239 Å². The summed E-state index contributed by atoms with van der Waals surface area (Å²) in [6, 6.07) is 26.6. The van der Waals surface area contributed by atoms with Crippen molar-refractivity contribution < 1.29 is 19.0 Å². The van der Waals surface area contributed by atoms with Crippen molar-refractivity contribution in [2.45, 2.75) is 6.54 Å². The molecule has 11 heteroatoms. The Morgan fingerprint density at radius 1 is 0.707 bits per heavy atom. The molecule has 4 aromatic rings. The molecule has 3 aromatic carbocycles. The Hall–Kier alpha value is -4.74. The molecule has 0 spiro atoms. The molecule has 0 radical (unpaired) electrons. The highest BCUT2D eigenvalue weighted by Crippen LogP contribution is 2.17. The maximum atomic E-state index is 12.0. The molecule has 0 saturated carbocycles. The number of ether oxygens (including phenoxy) is 3. The molecule has 0 fully saturated rings. The molecular formula is C30H35N7O4. The molecule has 11 nitrogen and oxygen atoms in total. The Morgan fingerprint density at radius 3 is 2.10 bits per heavy atom. The van der Waals surface area contributed by atoms with Gasteiger partial charge in [-0.05, 0) is 42.0 Å². The van der Waals surface area contributed by atoms with Gasteiger partial charge in [-0.1, -0.05) is 48.5 Å². The lowest BCUT2D eigenvalue weighted by Gasteiger charge is -2.12. The lowest BCUT2D eigenvalue weighted by atomic mass is 10.2. The van der Waals surface area contributed by atoms with E-state index >= 15 is 0 Å². The van der Waals surface area contributed by atoms with E-state index in [0.717, 1.165) is 17.0 Å². The highest BCUT2D eigenvalue weighted by Gasteiger charge is 2.08. The van der Waals surface area contributed by atoms with Crippen molar-refractivity contribution in [2.75, 3.05) is 62.6 Å². The van der Waals surface area contributed by atoms with Crippen molar-refractivity contribution in [3.05, 3.63) is 96.1 Å². The Bertz CT molecular complexity index is 1340. The summed E-state index contributed by atoms with van der Waals surface area (Å²) in [5.41, 5.74) is 2.53. The first-order chi connectivity index (χ1) is 20.2. The fourth-order valence-electron chi connectivity index (χ4n) is 3.69. The molecule has 4 rings (SSSR count). The third-order valence-corrected chi connectivity index (χ3v) is 5.72. The summed E-state index contributed by atoms with van der Waals surface area (Å²) in [5.74, 6) is 1.93. The monoisotopic (exact) mass is 557 g/mol. The van der Waals surface area contributed by atoms with E-state index < -0.39 is 0 Å². The van der Waals surface area contributed by atoms with E-state index in [-0.39, 0.29) is 5.91 Å². The molecule has 0 aliphatic carbocycles. The van der Waals surface area contributed by atoms with Crippen molar-refractivity contribution in [1.82, 2.24) is 20.3 Å². The maximum Gasteiger partial charge on any atom is 0.251 e. The molecule has 0 aliphatic rings. The number of nitrogens with zero attached hydrogens (tertiary/aromatic N) is 3. The van der Waals surface area contributed by atoms with Crippen molar-refractivity contribution >= 4 is 29.4 Å². The molecule has 1 aromatic heterocycles. The molecule has 214 valence electrons. The normalized spacial score (nSPS) is 10.6. The number of amides is 1. The first-order valence-electron chi connectivity index (χ1n) is 13.4. The second-order valence-corrected chi connectivity index (χ2v) is 8.78. The van der Waals surface area contributed by atoms with Crippen LogP contribution in [0.1, 0.15) is 15.9 Å². The van der Waals surface area contributed by atoms with Crippen LogP contribution in [0.5, 0.6) is 5.75 Å². The summed E-state index contributed by atoms with van der Waals surface area (Å²) in [6.07, 6.45) is 0. The predicted molar refractivity (Wildman–Crippen MR) is 159 cm³/mol. The van der Waals surface area contributed by atoms with E-state index in [9.17, 15) is 4.79 Å². The van der Waals surface area contributed by atoms with Gasteiger partial charge in [0.05, 0.1) is 33.5 Å². The molecule has 41 heavy (non-hydrogen) atoms. The average molecular weight is 558 g/mol. The van der Waals surface area contributed by atoms with E-state index in [2.05, 4.69) is 36.2 Å². The van der Waals surface area contributed by atoms with Gasteiger partial charge in [-0.15, -0.1) is 0 Å². The van der Waals surface area contributed by atoms with Crippen molar-refractivity contribution in [2.24, 2.45) is 0 Å². The summed E-state index contributed by atoms with van der Waals surface area (Å²) in [4.78, 5) is 25.5. The average Bonchev–Trinajstić information content (AvgIpc) is 3.02. The number of methoxy groups -OCH3 is 1. The number of anilines is 4. The van der Waals surface area contributed by atoms with Gasteiger partial charge in [0, 0.05) is 30.9 Å². The number of rotatable bonds is 17. The SMILES string of the molecule is COc1cccc(CNc2nc(NCCOCCOCCNC(=O)c3ccccc3)nc(Nc3ccccc3)n2)c1. The summed E-state index contributed by atoms with van der Waals surface area (Å²) in [6.45, 7) is 3.15. The Morgan fingerprint density at radius 2 is 1.37 bits per heavy atom. The van der Waals surface area contributed by atoms with Crippen molar-refractivity contribution in [1.29, 1.82) is 0 Å². The number of carbonyl (C=O) groups excluding carboxylic acids is 1. The van der Waals surface area contributed by atoms with E-state index in [1.54, 1.807) is 19.2 Å². The lowest BCUT2D eigenvalue weighted by molar-refractivity contribution is 0.0519. The van der Waals surface area contributed by atoms with E-state index in [0.29, 0.717) is 69.5 Å². The third kappa shape index (κ3) is 10.4. The zero-order valence-corrected chi connectivity index (χ0v) is 23.0. The molecule has 0 unspecified atom stereocenters. The zero-order chi connectivity index (χ0) is 28.5. The van der Waals surface area contributed by atoms with Crippen LogP contribution in [0.2, 0.25) is 0 Å². The Kier molecular flexibility index (Phi) is 11.7. The molecule has 1 amide bonds. The predicted octanol–water partition coefficient (Wildman–Crippen LogP) is 4.11. The minimum atomic E-state index is -0.115. The van der Waals surface area contributed by atoms with Crippen LogP contribution in [-0.4, -0.2) is 67.5 Å². The van der Waals surface area contributed by atoms with Gasteiger partial charge in [0.25, 0.3) is 5.91 Å². The van der Waals surface area contributed by atoms with Gasteiger partial charge in [0.1, 0.15) is 5.75 Å². The molecule has 0 atom stereocenters. The molecular weight excluding hydrogens is 522 g/mol. The first-order valence-corrected chi connectivity index (χ1v) is 13.4. The third-order valence-electron chi connectivity index (χ3n) is 5.72. The van der Waals surface area contributed by atoms with Crippen molar-refractivity contribution in [3.8, 4) is 5.75 Å². The van der Waals surface area contributed by atoms with Crippen LogP contribution in [-0.2, 0) is 16.0 Å². The number of hydrogen-bond acceptors (Lipinski definition) is 10. The first kappa shape index (κ1) is 29.2. The zero-order valence-electron chi connectivity index (χ0n) is 23.0. The van der Waals surface area contributed by atoms with Crippen LogP contribution < -0.4 is 26.0 Å². The summed E-state index contributed by atoms with van der Waals surface area (Å²) >= 11 is 0. The summed E-state index contributed by atoms with van der Waals surface area (Å²) in [5, 5.41) is 12.5. The standard InChI is InChI=1S/C30H35N7O4/c1-39-26-14-8-9-23(21-26)22-33-29-35-28(36-30(37-29)34-25-12-6-3-7-13-25)32-16-18-41-20-19-40-17-15-31-27(38)24-10-4-2-5-11-24/h2-14,21H,15-20,22H2,1H3,(H,31,38)(H3,32,33,34,35,36,37). The van der Waals surface area contributed by atoms with Crippen LogP contribution in [0.25, 0.3) is 0 Å². The van der Waals surface area contributed by atoms with Gasteiger partial charge in [-0.25, -0.2) is 0 Å². The second kappa shape index (κ2) is 16.4. The molecule has 0 aliphatic heterocycles. The van der Waals surface area contributed by atoms with E-state index in [1.165, 1.54) is 0 Å². The maximum absolute atomic E-state index is 12.0. The fraction of sp³-hybridized carbons (Fsp3) is 0.267. The molecule has 1 heterocycles. The number of para-hydroxylation sites is 1. The van der Waals surface area contributed by atoms with Gasteiger partial charge < -0.3 is 35.5 Å². The van der Waals surface area contributed by atoms with Crippen molar-refractivity contribution in [3.63, 3.8) is 0 Å². The van der Waals surface area contributed by atoms with Crippen LogP contribution in [0.15, 0.2) is 84.9 Å². The van der Waals surface area contributed by atoms with Gasteiger partial charge >= 0.3 is 0 Å². The second-order valence-electron chi connectivity index (χ2n) is 8.78. The van der Waals surface area contributed by atoms with Crippen LogP contribution in [0.3, 0.4) is 0 Å². The highest BCUT2D eigenvalue weighted by molar-refractivity contribution is 5.94. The molecule has 0 bridgehead atoms. The Balaban J connectivity index is 1.19. The fourth-order valence-corrected chi connectivity index (χ4v) is 3.69. The smallest absolute Gasteiger partial charge is 0.251 e. The number of benzene rings is 3. The summed E-state index contributed by atoms with van der Waals surface area (Å²) in [7, 11) is 1.64. The lowest BCUT2D eigenvalue weighted by Crippen LogP contribution is -2.27.